The van der Waals surface area contributed by atoms with E-state index in [1.165, 1.54) is 24.8 Å². The molecule has 0 saturated carbocycles. The highest BCUT2D eigenvalue weighted by molar-refractivity contribution is 6.05. The number of carbonyl (C=O) groups excluding carboxylic acids is 3. The summed E-state index contributed by atoms with van der Waals surface area (Å²) in [5.41, 5.74) is 2.92. The summed E-state index contributed by atoms with van der Waals surface area (Å²) < 4.78 is 0. The van der Waals surface area contributed by atoms with E-state index in [9.17, 15) is 14.4 Å². The first-order chi connectivity index (χ1) is 14.6. The van der Waals surface area contributed by atoms with Crippen LogP contribution in [0, 0.1) is 11.8 Å². The molecule has 1 aromatic rings. The Morgan fingerprint density at radius 3 is 2.77 bits per heavy atom. The van der Waals surface area contributed by atoms with Gasteiger partial charge in [0, 0.05) is 31.6 Å². The van der Waals surface area contributed by atoms with Crippen LogP contribution in [0.15, 0.2) is 18.2 Å². The highest BCUT2D eigenvalue weighted by Gasteiger charge is 2.39. The van der Waals surface area contributed by atoms with Crippen LogP contribution in [0.25, 0.3) is 0 Å². The van der Waals surface area contributed by atoms with Crippen LogP contribution in [0.2, 0.25) is 0 Å². The van der Waals surface area contributed by atoms with E-state index < -0.39 is 6.04 Å². The second-order valence-electron chi connectivity index (χ2n) is 9.28. The fraction of sp³-hybridized carbons (Fsp3) is 0.609. The second-order valence-corrected chi connectivity index (χ2v) is 9.28. The normalized spacial score (nSPS) is 29.9. The van der Waals surface area contributed by atoms with Gasteiger partial charge in [-0.3, -0.25) is 24.6 Å². The van der Waals surface area contributed by atoms with E-state index in [4.69, 9.17) is 0 Å². The zero-order valence-electron chi connectivity index (χ0n) is 17.4. The number of likely N-dealkylation sites (tertiary alicyclic amines) is 1. The van der Waals surface area contributed by atoms with E-state index >= 15 is 0 Å². The predicted octanol–water partition coefficient (Wildman–Crippen LogP) is 1.27. The summed E-state index contributed by atoms with van der Waals surface area (Å²) in [6, 6.07) is 5.56. The van der Waals surface area contributed by atoms with Crippen molar-refractivity contribution in [3.63, 3.8) is 0 Å². The smallest absolute Gasteiger partial charge is 0.255 e. The number of nitrogens with zero attached hydrogens (tertiary/aromatic N) is 2. The fourth-order valence-corrected chi connectivity index (χ4v) is 5.66. The van der Waals surface area contributed by atoms with Gasteiger partial charge in [0.25, 0.3) is 5.91 Å². The average Bonchev–Trinajstić information content (AvgIpc) is 3.33. The lowest BCUT2D eigenvalue weighted by atomic mass is 9.86. The van der Waals surface area contributed by atoms with Gasteiger partial charge in [0.1, 0.15) is 6.04 Å². The maximum Gasteiger partial charge on any atom is 0.255 e. The Kier molecular flexibility index (Phi) is 5.33. The topological polar surface area (TPSA) is 81.8 Å². The highest BCUT2D eigenvalue weighted by atomic mass is 16.2. The third-order valence-corrected chi connectivity index (χ3v) is 7.30. The number of carbonyl (C=O) groups is 3. The van der Waals surface area contributed by atoms with Crippen LogP contribution >= 0.6 is 0 Å². The molecule has 2 N–H and O–H groups in total. The molecule has 0 aliphatic carbocycles. The molecule has 0 aromatic heterocycles. The summed E-state index contributed by atoms with van der Waals surface area (Å²) in [4.78, 5) is 40.6. The Hall–Kier alpha value is -2.25. The SMILES string of the molecule is O=C1CCC(N2Cc3cc(CN4CCC(C5CCCNC5)C4)ccc3C2=O)C(=O)N1. The van der Waals surface area contributed by atoms with Crippen molar-refractivity contribution in [3.05, 3.63) is 34.9 Å². The van der Waals surface area contributed by atoms with Gasteiger partial charge < -0.3 is 10.2 Å². The van der Waals surface area contributed by atoms with Gasteiger partial charge in [-0.15, -0.1) is 0 Å². The van der Waals surface area contributed by atoms with Crippen molar-refractivity contribution in [2.24, 2.45) is 11.8 Å². The van der Waals surface area contributed by atoms with Gasteiger partial charge in [0.2, 0.25) is 11.8 Å². The quantitative estimate of drug-likeness (QED) is 0.731. The summed E-state index contributed by atoms with van der Waals surface area (Å²) in [6.45, 7) is 5.98. The van der Waals surface area contributed by atoms with Crippen LogP contribution in [0.1, 0.15) is 53.6 Å². The summed E-state index contributed by atoms with van der Waals surface area (Å²) in [6.07, 6.45) is 4.61. The molecule has 3 amide bonds. The van der Waals surface area contributed by atoms with Gasteiger partial charge in [0.05, 0.1) is 0 Å². The maximum absolute atomic E-state index is 12.8. The van der Waals surface area contributed by atoms with Gasteiger partial charge in [-0.05, 0) is 74.3 Å². The average molecular weight is 411 g/mol. The third kappa shape index (κ3) is 3.76. The van der Waals surface area contributed by atoms with Crippen molar-refractivity contribution in [2.45, 2.75) is 51.2 Å². The monoisotopic (exact) mass is 410 g/mol. The molecule has 4 heterocycles. The molecular formula is C23H30N4O3. The van der Waals surface area contributed by atoms with Gasteiger partial charge in [-0.25, -0.2) is 0 Å². The molecule has 3 saturated heterocycles. The zero-order valence-corrected chi connectivity index (χ0v) is 17.4. The van der Waals surface area contributed by atoms with Gasteiger partial charge in [0.15, 0.2) is 0 Å². The van der Waals surface area contributed by atoms with Crippen molar-refractivity contribution < 1.29 is 14.4 Å². The molecule has 0 bridgehead atoms. The summed E-state index contributed by atoms with van der Waals surface area (Å²) in [5, 5.41) is 5.90. The maximum atomic E-state index is 12.8. The lowest BCUT2D eigenvalue weighted by Gasteiger charge is -2.29. The Morgan fingerprint density at radius 2 is 1.97 bits per heavy atom. The second kappa shape index (κ2) is 8.12. The van der Waals surface area contributed by atoms with E-state index in [1.807, 2.05) is 6.07 Å². The van der Waals surface area contributed by atoms with Crippen LogP contribution in [-0.2, 0) is 22.7 Å². The van der Waals surface area contributed by atoms with Crippen molar-refractivity contribution in [1.29, 1.82) is 0 Å². The highest BCUT2D eigenvalue weighted by Crippen LogP contribution is 2.31. The van der Waals surface area contributed by atoms with Crippen LogP contribution < -0.4 is 10.6 Å². The fourth-order valence-electron chi connectivity index (χ4n) is 5.66. The van der Waals surface area contributed by atoms with E-state index in [0.717, 1.165) is 50.1 Å². The summed E-state index contributed by atoms with van der Waals surface area (Å²) in [7, 11) is 0. The van der Waals surface area contributed by atoms with Crippen LogP contribution in [0.5, 0.6) is 0 Å². The van der Waals surface area contributed by atoms with Crippen molar-refractivity contribution in [3.8, 4) is 0 Å². The Bertz CT molecular complexity index is 864. The van der Waals surface area contributed by atoms with E-state index in [0.29, 0.717) is 18.5 Å². The van der Waals surface area contributed by atoms with Gasteiger partial charge in [-0.1, -0.05) is 12.1 Å². The first kappa shape index (κ1) is 19.7. The van der Waals surface area contributed by atoms with Crippen molar-refractivity contribution in [1.82, 2.24) is 20.4 Å². The molecule has 3 atom stereocenters. The molecule has 4 aliphatic heterocycles. The number of nitrogens with one attached hydrogen (secondary N) is 2. The number of rotatable bonds is 4. The summed E-state index contributed by atoms with van der Waals surface area (Å²) >= 11 is 0. The zero-order chi connectivity index (χ0) is 20.7. The number of hydrogen-bond acceptors (Lipinski definition) is 5. The van der Waals surface area contributed by atoms with Crippen molar-refractivity contribution in [2.75, 3.05) is 26.2 Å². The van der Waals surface area contributed by atoms with Crippen LogP contribution in [0.4, 0.5) is 0 Å². The van der Waals surface area contributed by atoms with Gasteiger partial charge in [-0.2, -0.15) is 0 Å². The molecule has 3 unspecified atom stereocenters. The first-order valence-corrected chi connectivity index (χ1v) is 11.3. The van der Waals surface area contributed by atoms with Crippen LogP contribution in [0.3, 0.4) is 0 Å². The van der Waals surface area contributed by atoms with E-state index in [-0.39, 0.29) is 24.1 Å². The Balaban J connectivity index is 1.23. The number of amides is 3. The van der Waals surface area contributed by atoms with Gasteiger partial charge >= 0.3 is 0 Å². The molecule has 1 aromatic carbocycles. The lowest BCUT2D eigenvalue weighted by Crippen LogP contribution is -2.52. The molecule has 4 aliphatic rings. The third-order valence-electron chi connectivity index (χ3n) is 7.30. The molecule has 160 valence electrons. The number of fused-ring (bicyclic) bond motifs is 1. The standard InChI is InChI=1S/C23H30N4O3/c28-21-6-5-20(22(29)25-21)27-14-18-10-15(3-4-19(18)23(27)30)12-26-9-7-17(13-26)16-2-1-8-24-11-16/h3-4,10,16-17,20,24H,1-2,5-9,11-14H2,(H,25,28,29). The minimum absolute atomic E-state index is 0.0999. The molecule has 0 radical (unpaired) electrons. The predicted molar refractivity (Wildman–Crippen MR) is 111 cm³/mol. The lowest BCUT2D eigenvalue weighted by molar-refractivity contribution is -0.136. The minimum Gasteiger partial charge on any atom is -0.322 e. The Morgan fingerprint density at radius 1 is 1.07 bits per heavy atom. The molecular weight excluding hydrogens is 380 g/mol. The minimum atomic E-state index is -0.547. The number of benzene rings is 1. The van der Waals surface area contributed by atoms with Crippen molar-refractivity contribution >= 4 is 17.7 Å². The largest absolute Gasteiger partial charge is 0.322 e. The molecule has 0 spiro atoms. The number of hydrogen-bond donors (Lipinski definition) is 2. The van der Waals surface area contributed by atoms with E-state index in [1.54, 1.807) is 4.90 Å². The van der Waals surface area contributed by atoms with Crippen LogP contribution in [-0.4, -0.2) is 59.7 Å². The van der Waals surface area contributed by atoms with E-state index in [2.05, 4.69) is 27.7 Å². The Labute approximate surface area is 177 Å². The molecule has 7 nitrogen and oxygen atoms in total. The number of piperidine rings is 2. The first-order valence-electron chi connectivity index (χ1n) is 11.3. The molecule has 7 heteroatoms. The molecule has 30 heavy (non-hydrogen) atoms. The summed E-state index contributed by atoms with van der Waals surface area (Å²) in [5.74, 6) is 0.890. The number of imide groups is 1. The molecule has 5 rings (SSSR count). The molecule has 3 fully saturated rings.